The summed E-state index contributed by atoms with van der Waals surface area (Å²) >= 11 is 0. The van der Waals surface area contributed by atoms with Crippen LogP contribution >= 0.6 is 0 Å². The molecule has 5 aliphatic carbocycles. The van der Waals surface area contributed by atoms with Gasteiger partial charge in [0.1, 0.15) is 0 Å². The molecule has 0 radical (unpaired) electrons. The van der Waals surface area contributed by atoms with E-state index in [0.29, 0.717) is 5.41 Å². The van der Waals surface area contributed by atoms with Crippen LogP contribution in [0.15, 0.2) is 72.8 Å². The minimum atomic E-state index is 0.228. The summed E-state index contributed by atoms with van der Waals surface area (Å²) in [6.45, 7) is 0. The standard InChI is InChI=1S/C33H27N/c1-2-6-21-20(5-1)9-12-26-29(21)24-11-10-23-22-7-3-4-8-25(22)33(30(23)31(24)34-26)27-14-18-13-19-15-28(33)32(27,16-18)17-19/h1-12,18-19,27-28,34H,13-17H2. The van der Waals surface area contributed by atoms with Crippen LogP contribution in [0.2, 0.25) is 0 Å². The number of benzene rings is 4. The predicted octanol–water partition coefficient (Wildman–Crippen LogP) is 8.20. The van der Waals surface area contributed by atoms with Gasteiger partial charge in [-0.1, -0.05) is 66.7 Å². The van der Waals surface area contributed by atoms with E-state index in [1.165, 1.54) is 75.8 Å². The number of nitrogens with one attached hydrogen (secondary N) is 1. The van der Waals surface area contributed by atoms with Crippen molar-refractivity contribution in [1.82, 2.24) is 4.98 Å². The number of rotatable bonds is 0. The zero-order valence-electron chi connectivity index (χ0n) is 19.3. The van der Waals surface area contributed by atoms with Crippen LogP contribution in [0.5, 0.6) is 0 Å². The summed E-state index contributed by atoms with van der Waals surface area (Å²) < 4.78 is 0. The lowest BCUT2D eigenvalue weighted by Gasteiger charge is -2.64. The van der Waals surface area contributed by atoms with Gasteiger partial charge < -0.3 is 4.98 Å². The lowest BCUT2D eigenvalue weighted by molar-refractivity contribution is -0.0813. The van der Waals surface area contributed by atoms with Crippen molar-refractivity contribution in [2.24, 2.45) is 29.1 Å². The quantitative estimate of drug-likeness (QED) is 0.251. The summed E-state index contributed by atoms with van der Waals surface area (Å²) in [6, 6.07) is 27.9. The van der Waals surface area contributed by atoms with Gasteiger partial charge in [0.25, 0.3) is 0 Å². The molecule has 1 N–H and O–H groups in total. The molecule has 1 heteroatoms. The zero-order chi connectivity index (χ0) is 21.8. The van der Waals surface area contributed by atoms with E-state index in [9.17, 15) is 0 Å². The van der Waals surface area contributed by atoms with Crippen LogP contribution in [0.25, 0.3) is 43.7 Å². The fraction of sp³-hybridized carbons (Fsp3) is 0.333. The molecule has 4 fully saturated rings. The third kappa shape index (κ3) is 1.60. The summed E-state index contributed by atoms with van der Waals surface area (Å²) in [7, 11) is 0. The zero-order valence-corrected chi connectivity index (χ0v) is 19.3. The molecule has 3 bridgehead atoms. The fourth-order valence-corrected chi connectivity index (χ4v) is 10.9. The predicted molar refractivity (Wildman–Crippen MR) is 139 cm³/mol. The molecule has 1 aromatic heterocycles. The third-order valence-corrected chi connectivity index (χ3v) is 11.4. The van der Waals surface area contributed by atoms with Crippen molar-refractivity contribution in [3.8, 4) is 11.1 Å². The molecule has 0 saturated heterocycles. The molecule has 34 heavy (non-hydrogen) atoms. The van der Waals surface area contributed by atoms with Crippen LogP contribution in [-0.2, 0) is 5.41 Å². The molecule has 10 rings (SSSR count). The Hall–Kier alpha value is -3.06. The second-order valence-corrected chi connectivity index (χ2v) is 12.3. The molecule has 4 saturated carbocycles. The number of H-pyrrole nitrogens is 1. The van der Waals surface area contributed by atoms with Crippen molar-refractivity contribution >= 4 is 32.6 Å². The number of aromatic nitrogens is 1. The Balaban J connectivity index is 1.37. The van der Waals surface area contributed by atoms with Crippen molar-refractivity contribution in [2.75, 3.05) is 0 Å². The highest BCUT2D eigenvalue weighted by Gasteiger charge is 2.79. The van der Waals surface area contributed by atoms with E-state index in [0.717, 1.165) is 23.7 Å². The summed E-state index contributed by atoms with van der Waals surface area (Å²) in [6.07, 6.45) is 7.47. The summed E-state index contributed by atoms with van der Waals surface area (Å²) in [5.74, 6) is 3.63. The summed E-state index contributed by atoms with van der Waals surface area (Å²) in [4.78, 5) is 4.01. The normalized spacial score (nSPS) is 35.9. The number of fused-ring (bicyclic) bond motifs is 15. The highest BCUT2D eigenvalue weighted by molar-refractivity contribution is 6.21. The Kier molecular flexibility index (Phi) is 2.70. The Bertz CT molecular complexity index is 1710. The molecule has 4 unspecified atom stereocenters. The molecular weight excluding hydrogens is 410 g/mol. The Morgan fingerprint density at radius 2 is 1.47 bits per heavy atom. The first-order valence-electron chi connectivity index (χ1n) is 13.4. The molecular formula is C33H27N. The van der Waals surface area contributed by atoms with E-state index in [4.69, 9.17) is 0 Å². The topological polar surface area (TPSA) is 15.8 Å². The summed E-state index contributed by atoms with van der Waals surface area (Å²) in [5, 5.41) is 5.55. The molecule has 5 aromatic rings. The molecule has 4 aromatic carbocycles. The van der Waals surface area contributed by atoms with E-state index in [-0.39, 0.29) is 5.41 Å². The van der Waals surface area contributed by atoms with E-state index in [2.05, 4.69) is 77.8 Å². The minimum Gasteiger partial charge on any atom is -0.354 e. The van der Waals surface area contributed by atoms with Crippen LogP contribution in [0.1, 0.15) is 43.2 Å². The van der Waals surface area contributed by atoms with E-state index < -0.39 is 0 Å². The highest BCUT2D eigenvalue weighted by atomic mass is 14.8. The second-order valence-electron chi connectivity index (χ2n) is 12.3. The molecule has 164 valence electrons. The smallest absolute Gasteiger partial charge is 0.0513 e. The van der Waals surface area contributed by atoms with Gasteiger partial charge in [-0.25, -0.2) is 0 Å². The highest BCUT2D eigenvalue weighted by Crippen LogP contribution is 2.85. The van der Waals surface area contributed by atoms with Crippen LogP contribution in [0.3, 0.4) is 0 Å². The van der Waals surface area contributed by atoms with Gasteiger partial charge in [0.05, 0.1) is 5.52 Å². The molecule has 1 nitrogen and oxygen atoms in total. The third-order valence-electron chi connectivity index (χ3n) is 11.4. The number of aromatic amines is 1. The molecule has 5 aliphatic rings. The van der Waals surface area contributed by atoms with Crippen LogP contribution in [0, 0.1) is 29.1 Å². The SMILES string of the molecule is c1ccc2c(c1)-c1ccc3c([nH]c4ccc5ccccc5c43)c1C21C2CC3CC4CC1C2(C3)C4. The van der Waals surface area contributed by atoms with Gasteiger partial charge in [-0.05, 0) is 100 Å². The van der Waals surface area contributed by atoms with Crippen molar-refractivity contribution in [2.45, 2.75) is 37.5 Å². The molecule has 4 atom stereocenters. The first kappa shape index (κ1) is 17.4. The number of hydrogen-bond donors (Lipinski definition) is 1. The first-order valence-corrected chi connectivity index (χ1v) is 13.4. The minimum absolute atomic E-state index is 0.228. The maximum Gasteiger partial charge on any atom is 0.0513 e. The van der Waals surface area contributed by atoms with Crippen molar-refractivity contribution in [3.05, 3.63) is 83.9 Å². The van der Waals surface area contributed by atoms with Gasteiger partial charge >= 0.3 is 0 Å². The van der Waals surface area contributed by atoms with Crippen molar-refractivity contribution < 1.29 is 0 Å². The van der Waals surface area contributed by atoms with E-state index >= 15 is 0 Å². The van der Waals surface area contributed by atoms with Gasteiger partial charge in [-0.3, -0.25) is 0 Å². The Morgan fingerprint density at radius 1 is 0.676 bits per heavy atom. The molecule has 0 aliphatic heterocycles. The first-order chi connectivity index (χ1) is 16.8. The van der Waals surface area contributed by atoms with Gasteiger partial charge in [-0.2, -0.15) is 0 Å². The monoisotopic (exact) mass is 437 g/mol. The second kappa shape index (κ2) is 5.28. The maximum absolute atomic E-state index is 4.01. The van der Waals surface area contributed by atoms with E-state index in [1.807, 2.05) is 0 Å². The average Bonchev–Trinajstić information content (AvgIpc) is 3.53. The largest absolute Gasteiger partial charge is 0.354 e. The van der Waals surface area contributed by atoms with Crippen LogP contribution in [-0.4, -0.2) is 4.98 Å². The van der Waals surface area contributed by atoms with Crippen LogP contribution < -0.4 is 0 Å². The molecule has 0 amide bonds. The molecule has 2 spiro atoms. The lowest BCUT2D eigenvalue weighted by Crippen LogP contribution is -2.62. The molecule has 1 heterocycles. The number of hydrogen-bond acceptors (Lipinski definition) is 0. The Morgan fingerprint density at radius 3 is 2.35 bits per heavy atom. The maximum atomic E-state index is 4.01. The van der Waals surface area contributed by atoms with Gasteiger partial charge in [0, 0.05) is 21.7 Å². The van der Waals surface area contributed by atoms with Gasteiger partial charge in [0.2, 0.25) is 0 Å². The van der Waals surface area contributed by atoms with Crippen molar-refractivity contribution in [1.29, 1.82) is 0 Å². The Labute approximate surface area is 199 Å². The van der Waals surface area contributed by atoms with Gasteiger partial charge in [-0.15, -0.1) is 0 Å². The summed E-state index contributed by atoms with van der Waals surface area (Å²) in [5.41, 5.74) is 9.95. The van der Waals surface area contributed by atoms with E-state index in [1.54, 1.807) is 11.1 Å². The van der Waals surface area contributed by atoms with Crippen molar-refractivity contribution in [3.63, 3.8) is 0 Å². The van der Waals surface area contributed by atoms with Crippen LogP contribution in [0.4, 0.5) is 0 Å². The fourth-order valence-electron chi connectivity index (χ4n) is 10.9. The average molecular weight is 438 g/mol. The lowest BCUT2D eigenvalue weighted by atomic mass is 9.38. The van der Waals surface area contributed by atoms with Gasteiger partial charge in [0.15, 0.2) is 0 Å².